The lowest BCUT2D eigenvalue weighted by Gasteiger charge is -2.28. The number of anilines is 1. The minimum absolute atomic E-state index is 0.0733. The van der Waals surface area contributed by atoms with E-state index < -0.39 is 0 Å². The van der Waals surface area contributed by atoms with E-state index in [1.807, 2.05) is 7.05 Å². The first-order valence-corrected chi connectivity index (χ1v) is 8.01. The maximum Gasteiger partial charge on any atom is 0.134 e. The van der Waals surface area contributed by atoms with Crippen molar-refractivity contribution in [3.8, 4) is 0 Å². The molecule has 112 valence electrons. The fraction of sp³-hybridized carbons (Fsp3) is 0.765. The van der Waals surface area contributed by atoms with Crippen LogP contribution in [0.5, 0.6) is 0 Å². The Morgan fingerprint density at radius 2 is 1.80 bits per heavy atom. The molecule has 0 aromatic carbocycles. The SMILES string of the molecule is CCC1CCC(c2nc(NC)cc(C(C)(C)C)n2)CC1. The highest BCUT2D eigenvalue weighted by molar-refractivity contribution is 5.37. The highest BCUT2D eigenvalue weighted by Gasteiger charge is 2.25. The summed E-state index contributed by atoms with van der Waals surface area (Å²) in [7, 11) is 1.94. The van der Waals surface area contributed by atoms with Gasteiger partial charge in [0.05, 0.1) is 5.69 Å². The van der Waals surface area contributed by atoms with Crippen molar-refractivity contribution in [2.75, 3.05) is 12.4 Å². The molecule has 1 aliphatic rings. The maximum atomic E-state index is 4.88. The van der Waals surface area contributed by atoms with Gasteiger partial charge >= 0.3 is 0 Å². The normalized spacial score (nSPS) is 23.6. The molecule has 1 saturated carbocycles. The van der Waals surface area contributed by atoms with Crippen LogP contribution in [0.25, 0.3) is 0 Å². The summed E-state index contributed by atoms with van der Waals surface area (Å²) in [6.07, 6.45) is 6.47. The van der Waals surface area contributed by atoms with Gasteiger partial charge in [-0.25, -0.2) is 9.97 Å². The Hall–Kier alpha value is -1.12. The van der Waals surface area contributed by atoms with E-state index in [1.54, 1.807) is 0 Å². The fourth-order valence-corrected chi connectivity index (χ4v) is 2.99. The number of hydrogen-bond donors (Lipinski definition) is 1. The molecule has 0 saturated heterocycles. The zero-order valence-electron chi connectivity index (χ0n) is 13.7. The van der Waals surface area contributed by atoms with E-state index in [1.165, 1.54) is 32.1 Å². The van der Waals surface area contributed by atoms with Gasteiger partial charge < -0.3 is 5.32 Å². The van der Waals surface area contributed by atoms with E-state index in [2.05, 4.69) is 39.1 Å². The van der Waals surface area contributed by atoms with Crippen molar-refractivity contribution in [1.82, 2.24) is 9.97 Å². The van der Waals surface area contributed by atoms with Crippen molar-refractivity contribution in [3.05, 3.63) is 17.6 Å². The van der Waals surface area contributed by atoms with Crippen LogP contribution in [0.4, 0.5) is 5.82 Å². The zero-order chi connectivity index (χ0) is 14.8. The summed E-state index contributed by atoms with van der Waals surface area (Å²) in [6.45, 7) is 8.95. The van der Waals surface area contributed by atoms with E-state index in [4.69, 9.17) is 9.97 Å². The number of hydrogen-bond acceptors (Lipinski definition) is 3. The third-order valence-electron chi connectivity index (χ3n) is 4.56. The third-order valence-corrected chi connectivity index (χ3v) is 4.56. The number of nitrogens with zero attached hydrogens (tertiary/aromatic N) is 2. The molecule has 1 aromatic rings. The Bertz CT molecular complexity index is 440. The molecule has 3 nitrogen and oxygen atoms in total. The van der Waals surface area contributed by atoms with Gasteiger partial charge in [-0.1, -0.05) is 34.1 Å². The van der Waals surface area contributed by atoms with E-state index in [0.717, 1.165) is 23.3 Å². The minimum Gasteiger partial charge on any atom is -0.373 e. The molecule has 0 spiro atoms. The summed E-state index contributed by atoms with van der Waals surface area (Å²) >= 11 is 0. The predicted octanol–water partition coefficient (Wildman–Crippen LogP) is 4.50. The van der Waals surface area contributed by atoms with Gasteiger partial charge in [0.1, 0.15) is 11.6 Å². The van der Waals surface area contributed by atoms with Gasteiger partial charge in [-0.3, -0.25) is 0 Å². The highest BCUT2D eigenvalue weighted by Crippen LogP contribution is 2.36. The van der Waals surface area contributed by atoms with Crippen LogP contribution in [0.15, 0.2) is 6.07 Å². The molecular formula is C17H29N3. The van der Waals surface area contributed by atoms with E-state index in [9.17, 15) is 0 Å². The Morgan fingerprint density at radius 3 is 2.30 bits per heavy atom. The Balaban J connectivity index is 2.23. The van der Waals surface area contributed by atoms with Crippen LogP contribution in [0.3, 0.4) is 0 Å². The Labute approximate surface area is 123 Å². The second kappa shape index (κ2) is 6.11. The molecule has 3 heteroatoms. The fourth-order valence-electron chi connectivity index (χ4n) is 2.99. The van der Waals surface area contributed by atoms with Crippen molar-refractivity contribution in [2.45, 2.75) is 71.1 Å². The first-order valence-electron chi connectivity index (χ1n) is 8.01. The van der Waals surface area contributed by atoms with Crippen molar-refractivity contribution in [3.63, 3.8) is 0 Å². The minimum atomic E-state index is 0.0733. The van der Waals surface area contributed by atoms with Crippen LogP contribution in [0.1, 0.15) is 77.2 Å². The molecule has 1 N–H and O–H groups in total. The quantitative estimate of drug-likeness (QED) is 0.882. The van der Waals surface area contributed by atoms with Crippen LogP contribution in [-0.4, -0.2) is 17.0 Å². The van der Waals surface area contributed by atoms with Gasteiger partial charge in [-0.2, -0.15) is 0 Å². The molecular weight excluding hydrogens is 246 g/mol. The average Bonchev–Trinajstić information content (AvgIpc) is 2.46. The Morgan fingerprint density at radius 1 is 1.15 bits per heavy atom. The van der Waals surface area contributed by atoms with Crippen molar-refractivity contribution >= 4 is 5.82 Å². The van der Waals surface area contributed by atoms with Gasteiger partial charge in [-0.05, 0) is 31.6 Å². The molecule has 1 heterocycles. The second-order valence-electron chi connectivity index (χ2n) is 7.12. The van der Waals surface area contributed by atoms with Gasteiger partial charge in [0.15, 0.2) is 0 Å². The summed E-state index contributed by atoms with van der Waals surface area (Å²) < 4.78 is 0. The lowest BCUT2D eigenvalue weighted by molar-refractivity contribution is 0.311. The topological polar surface area (TPSA) is 37.8 Å². The lowest BCUT2D eigenvalue weighted by atomic mass is 9.80. The van der Waals surface area contributed by atoms with E-state index in [0.29, 0.717) is 5.92 Å². The molecule has 20 heavy (non-hydrogen) atoms. The molecule has 1 fully saturated rings. The highest BCUT2D eigenvalue weighted by atomic mass is 15.0. The predicted molar refractivity (Wildman–Crippen MR) is 85.3 cm³/mol. The number of aromatic nitrogens is 2. The van der Waals surface area contributed by atoms with Crippen molar-refractivity contribution < 1.29 is 0 Å². The zero-order valence-corrected chi connectivity index (χ0v) is 13.7. The summed E-state index contributed by atoms with van der Waals surface area (Å²) in [6, 6.07) is 2.08. The molecule has 0 unspecified atom stereocenters. The first-order chi connectivity index (χ1) is 9.44. The average molecular weight is 275 g/mol. The number of rotatable bonds is 3. The lowest BCUT2D eigenvalue weighted by Crippen LogP contribution is -2.20. The van der Waals surface area contributed by atoms with E-state index >= 15 is 0 Å². The molecule has 0 atom stereocenters. The largest absolute Gasteiger partial charge is 0.373 e. The third kappa shape index (κ3) is 3.50. The monoisotopic (exact) mass is 275 g/mol. The van der Waals surface area contributed by atoms with Crippen LogP contribution >= 0.6 is 0 Å². The summed E-state index contributed by atoms with van der Waals surface area (Å²) in [5.74, 6) is 3.47. The van der Waals surface area contributed by atoms with Gasteiger partial charge in [0.25, 0.3) is 0 Å². The van der Waals surface area contributed by atoms with Gasteiger partial charge in [0.2, 0.25) is 0 Å². The summed E-state index contributed by atoms with van der Waals surface area (Å²) in [5.41, 5.74) is 1.22. The van der Waals surface area contributed by atoms with E-state index in [-0.39, 0.29) is 5.41 Å². The maximum absolute atomic E-state index is 4.88. The van der Waals surface area contributed by atoms with Gasteiger partial charge in [0, 0.05) is 24.4 Å². The first kappa shape index (κ1) is 15.3. The van der Waals surface area contributed by atoms with Gasteiger partial charge in [-0.15, -0.1) is 0 Å². The molecule has 0 aliphatic heterocycles. The number of nitrogens with one attached hydrogen (secondary N) is 1. The molecule has 1 aliphatic carbocycles. The van der Waals surface area contributed by atoms with Crippen LogP contribution < -0.4 is 5.32 Å². The van der Waals surface area contributed by atoms with Crippen molar-refractivity contribution in [2.24, 2.45) is 5.92 Å². The molecule has 0 amide bonds. The molecule has 0 radical (unpaired) electrons. The van der Waals surface area contributed by atoms with Crippen molar-refractivity contribution in [1.29, 1.82) is 0 Å². The molecule has 2 rings (SSSR count). The molecule has 0 bridgehead atoms. The smallest absolute Gasteiger partial charge is 0.134 e. The molecule has 1 aromatic heterocycles. The summed E-state index contributed by atoms with van der Waals surface area (Å²) in [4.78, 5) is 9.59. The van der Waals surface area contributed by atoms with Crippen LogP contribution in [0.2, 0.25) is 0 Å². The van der Waals surface area contributed by atoms with Crippen LogP contribution in [-0.2, 0) is 5.41 Å². The second-order valence-corrected chi connectivity index (χ2v) is 7.12. The Kier molecular flexibility index (Phi) is 4.66. The summed E-state index contributed by atoms with van der Waals surface area (Å²) in [5, 5.41) is 3.19. The van der Waals surface area contributed by atoms with Crippen LogP contribution in [0, 0.1) is 5.92 Å². The standard InChI is InChI=1S/C17H29N3/c1-6-12-7-9-13(10-8-12)16-19-14(17(2,3)4)11-15(18-5)20-16/h11-13H,6-10H2,1-5H3,(H,18,19,20).